The number of nitrogens with zero attached hydrogens (tertiary/aromatic N) is 3. The van der Waals surface area contributed by atoms with E-state index in [0.29, 0.717) is 23.2 Å². The summed E-state index contributed by atoms with van der Waals surface area (Å²) < 4.78 is 7.12. The van der Waals surface area contributed by atoms with Crippen LogP contribution in [0.2, 0.25) is 0 Å². The molecule has 2 amide bonds. The van der Waals surface area contributed by atoms with E-state index in [1.807, 2.05) is 0 Å². The Morgan fingerprint density at radius 2 is 1.81 bits per heavy atom. The number of rotatable bonds is 4. The van der Waals surface area contributed by atoms with E-state index in [1.165, 1.54) is 18.3 Å². The minimum absolute atomic E-state index is 0.224. The molecule has 8 nitrogen and oxygen atoms in total. The van der Waals surface area contributed by atoms with Crippen LogP contribution in [0.1, 0.15) is 49.6 Å². The molecule has 2 aliphatic heterocycles. The maximum absolute atomic E-state index is 12.5. The smallest absolute Gasteiger partial charge is 0.367 e. The predicted molar refractivity (Wildman–Crippen MR) is 92.9 cm³/mol. The van der Waals surface area contributed by atoms with Crippen molar-refractivity contribution < 1.29 is 24.0 Å². The molecule has 0 spiro atoms. The van der Waals surface area contributed by atoms with E-state index in [2.05, 4.69) is 5.10 Å². The van der Waals surface area contributed by atoms with Crippen LogP contribution < -0.4 is 0 Å². The number of amides is 2. The van der Waals surface area contributed by atoms with Gasteiger partial charge in [-0.3, -0.25) is 14.3 Å². The summed E-state index contributed by atoms with van der Waals surface area (Å²) in [5.41, 5.74) is 1.33. The van der Waals surface area contributed by atoms with Gasteiger partial charge in [-0.05, 0) is 37.8 Å². The van der Waals surface area contributed by atoms with E-state index in [0.717, 1.165) is 26.1 Å². The van der Waals surface area contributed by atoms with Crippen molar-refractivity contribution in [1.82, 2.24) is 14.8 Å². The first-order valence-electron chi connectivity index (χ1n) is 8.86. The summed E-state index contributed by atoms with van der Waals surface area (Å²) in [5, 5.41) is 4.79. The third-order valence-electron chi connectivity index (χ3n) is 5.03. The first kappa shape index (κ1) is 17.4. The largest absolute Gasteiger partial charge is 0.381 e. The van der Waals surface area contributed by atoms with Crippen LogP contribution in [0.4, 0.5) is 0 Å². The van der Waals surface area contributed by atoms with Crippen LogP contribution in [0.15, 0.2) is 30.5 Å². The van der Waals surface area contributed by atoms with E-state index >= 15 is 0 Å². The molecule has 0 atom stereocenters. The molecule has 8 heteroatoms. The van der Waals surface area contributed by atoms with Crippen molar-refractivity contribution in [2.45, 2.75) is 26.3 Å². The van der Waals surface area contributed by atoms with E-state index in [9.17, 15) is 14.4 Å². The Morgan fingerprint density at radius 1 is 1.19 bits per heavy atom. The molecule has 3 heterocycles. The van der Waals surface area contributed by atoms with E-state index in [1.54, 1.807) is 23.7 Å². The summed E-state index contributed by atoms with van der Waals surface area (Å²) >= 11 is 0. The van der Waals surface area contributed by atoms with Crippen molar-refractivity contribution in [3.63, 3.8) is 0 Å². The molecule has 1 saturated heterocycles. The molecular formula is C19H19N3O5. The molecule has 27 heavy (non-hydrogen) atoms. The van der Waals surface area contributed by atoms with Crippen molar-refractivity contribution in [3.05, 3.63) is 52.8 Å². The molecule has 4 rings (SSSR count). The second-order valence-electron chi connectivity index (χ2n) is 6.71. The van der Waals surface area contributed by atoms with Crippen molar-refractivity contribution in [2.24, 2.45) is 5.92 Å². The molecule has 0 bridgehead atoms. The summed E-state index contributed by atoms with van der Waals surface area (Å²) in [6.45, 7) is 3.93. The van der Waals surface area contributed by atoms with Gasteiger partial charge < -0.3 is 9.57 Å². The number of imide groups is 1. The van der Waals surface area contributed by atoms with Gasteiger partial charge in [0, 0.05) is 25.5 Å². The molecule has 0 aliphatic carbocycles. The molecule has 1 fully saturated rings. The van der Waals surface area contributed by atoms with Crippen LogP contribution in [0.5, 0.6) is 0 Å². The highest BCUT2D eigenvalue weighted by atomic mass is 16.7. The maximum Gasteiger partial charge on any atom is 0.367 e. The minimum atomic E-state index is -0.778. The lowest BCUT2D eigenvalue weighted by atomic mass is 10.0. The Morgan fingerprint density at radius 3 is 2.44 bits per heavy atom. The fourth-order valence-corrected chi connectivity index (χ4v) is 3.39. The van der Waals surface area contributed by atoms with Crippen LogP contribution in [0.3, 0.4) is 0 Å². The van der Waals surface area contributed by atoms with E-state index < -0.39 is 17.8 Å². The monoisotopic (exact) mass is 369 g/mol. The molecule has 2 aromatic rings. The van der Waals surface area contributed by atoms with Gasteiger partial charge in [-0.15, -0.1) is 0 Å². The topological polar surface area (TPSA) is 90.7 Å². The highest BCUT2D eigenvalue weighted by Gasteiger charge is 2.39. The van der Waals surface area contributed by atoms with Crippen LogP contribution in [-0.4, -0.2) is 45.8 Å². The Balaban J connectivity index is 1.48. The quantitative estimate of drug-likeness (QED) is 0.766. The average molecular weight is 369 g/mol. The van der Waals surface area contributed by atoms with Gasteiger partial charge in [-0.1, -0.05) is 17.2 Å². The first-order valence-corrected chi connectivity index (χ1v) is 8.86. The lowest BCUT2D eigenvalue weighted by Crippen LogP contribution is -2.32. The number of carbonyl (C=O) groups is 3. The van der Waals surface area contributed by atoms with Gasteiger partial charge in [0.05, 0.1) is 17.3 Å². The number of hydrogen-bond acceptors (Lipinski definition) is 6. The van der Waals surface area contributed by atoms with E-state index in [4.69, 9.17) is 9.57 Å². The first-order chi connectivity index (χ1) is 13.1. The number of fused-ring (bicyclic) bond motifs is 1. The second-order valence-corrected chi connectivity index (χ2v) is 6.71. The minimum Gasteiger partial charge on any atom is -0.381 e. The SMILES string of the molecule is Cc1c(C(=O)ON2C(=O)c3ccccc3C2=O)cnn1CC1CCOCC1. The standard InChI is InChI=1S/C19H19N3O5/c1-12-16(10-20-21(12)11-13-6-8-26-9-7-13)19(25)27-22-17(23)14-4-2-3-5-15(14)18(22)24/h2-5,10,13H,6-9,11H2,1H3. The number of hydrogen-bond donors (Lipinski definition) is 0. The normalized spacial score (nSPS) is 17.3. The summed E-state index contributed by atoms with van der Waals surface area (Å²) in [5.74, 6) is -1.62. The number of benzene rings is 1. The zero-order valence-electron chi connectivity index (χ0n) is 14.9. The van der Waals surface area contributed by atoms with Crippen LogP contribution >= 0.6 is 0 Å². The summed E-state index contributed by atoms with van der Waals surface area (Å²) in [6.07, 6.45) is 3.32. The van der Waals surface area contributed by atoms with Crippen molar-refractivity contribution in [2.75, 3.05) is 13.2 Å². The number of aromatic nitrogens is 2. The van der Waals surface area contributed by atoms with Gasteiger partial charge in [0.1, 0.15) is 5.56 Å². The maximum atomic E-state index is 12.5. The van der Waals surface area contributed by atoms with Crippen LogP contribution in [0, 0.1) is 12.8 Å². The molecule has 0 saturated carbocycles. The molecule has 2 aliphatic rings. The molecule has 1 aromatic heterocycles. The Labute approximate surface area is 155 Å². The summed E-state index contributed by atoms with van der Waals surface area (Å²) in [6, 6.07) is 6.36. The highest BCUT2D eigenvalue weighted by Crippen LogP contribution is 2.24. The van der Waals surface area contributed by atoms with Gasteiger partial charge in [0.15, 0.2) is 0 Å². The zero-order valence-corrected chi connectivity index (χ0v) is 14.9. The predicted octanol–water partition coefficient (Wildman–Crippen LogP) is 1.99. The van der Waals surface area contributed by atoms with Crippen molar-refractivity contribution in [1.29, 1.82) is 0 Å². The molecule has 140 valence electrons. The Kier molecular flexibility index (Phi) is 4.49. The van der Waals surface area contributed by atoms with Gasteiger partial charge in [-0.25, -0.2) is 4.79 Å². The fraction of sp³-hybridized carbons (Fsp3) is 0.368. The van der Waals surface area contributed by atoms with E-state index in [-0.39, 0.29) is 16.7 Å². The van der Waals surface area contributed by atoms with Crippen molar-refractivity contribution in [3.8, 4) is 0 Å². The molecular weight excluding hydrogens is 350 g/mol. The number of ether oxygens (including phenoxy) is 1. The summed E-state index contributed by atoms with van der Waals surface area (Å²) in [7, 11) is 0. The lowest BCUT2D eigenvalue weighted by molar-refractivity contribution is -0.0585. The van der Waals surface area contributed by atoms with Crippen LogP contribution in [0.25, 0.3) is 0 Å². The van der Waals surface area contributed by atoms with Crippen molar-refractivity contribution >= 4 is 17.8 Å². The van der Waals surface area contributed by atoms with Gasteiger partial charge in [0.25, 0.3) is 11.8 Å². The third-order valence-corrected chi connectivity index (χ3v) is 5.03. The molecule has 1 aromatic carbocycles. The highest BCUT2D eigenvalue weighted by molar-refractivity contribution is 6.21. The average Bonchev–Trinajstić information content (AvgIpc) is 3.16. The Bertz CT molecular complexity index is 879. The molecule has 0 radical (unpaired) electrons. The molecule has 0 N–H and O–H groups in total. The lowest BCUT2D eigenvalue weighted by Gasteiger charge is -2.22. The second kappa shape index (κ2) is 6.96. The van der Waals surface area contributed by atoms with Crippen LogP contribution in [-0.2, 0) is 16.1 Å². The van der Waals surface area contributed by atoms with Gasteiger partial charge in [0.2, 0.25) is 0 Å². The fourth-order valence-electron chi connectivity index (χ4n) is 3.39. The van der Waals surface area contributed by atoms with Gasteiger partial charge in [-0.2, -0.15) is 5.10 Å². The Hall–Kier alpha value is -3.00. The summed E-state index contributed by atoms with van der Waals surface area (Å²) in [4.78, 5) is 42.3. The molecule has 0 unspecified atom stereocenters. The third kappa shape index (κ3) is 3.12. The van der Waals surface area contributed by atoms with Gasteiger partial charge >= 0.3 is 5.97 Å². The number of carbonyl (C=O) groups excluding carboxylic acids is 3. The number of hydroxylamine groups is 2. The zero-order chi connectivity index (χ0) is 19.0.